The molecular formula is C19H18ClN3O2. The van der Waals surface area contributed by atoms with Crippen LogP contribution < -0.4 is 10.7 Å². The lowest BCUT2D eigenvalue weighted by atomic mass is 10.1. The van der Waals surface area contributed by atoms with E-state index in [1.807, 2.05) is 25.3 Å². The standard InChI is InChI=1S/C19H18ClN3O2/c1-4-23-10-14(17(24)13-9-8-11(2)21-18(13)23)19(25)22-16-7-5-6-15(20)12(16)3/h5-10H,4H2,1-3H3,(H,22,25). The van der Waals surface area contributed by atoms with Crippen molar-refractivity contribution in [3.05, 3.63) is 68.6 Å². The second-order valence-corrected chi connectivity index (χ2v) is 6.26. The minimum Gasteiger partial charge on any atom is -0.332 e. The van der Waals surface area contributed by atoms with Crippen LogP contribution in [-0.4, -0.2) is 15.5 Å². The first kappa shape index (κ1) is 17.2. The molecule has 0 spiro atoms. The van der Waals surface area contributed by atoms with Crippen molar-refractivity contribution >= 4 is 34.2 Å². The Bertz CT molecular complexity index is 1040. The van der Waals surface area contributed by atoms with Gasteiger partial charge in [-0.1, -0.05) is 17.7 Å². The van der Waals surface area contributed by atoms with Gasteiger partial charge in [0.2, 0.25) is 5.43 Å². The third-order valence-corrected chi connectivity index (χ3v) is 4.57. The monoisotopic (exact) mass is 355 g/mol. The molecule has 3 aromatic rings. The normalized spacial score (nSPS) is 10.9. The quantitative estimate of drug-likeness (QED) is 0.774. The summed E-state index contributed by atoms with van der Waals surface area (Å²) in [7, 11) is 0. The highest BCUT2D eigenvalue weighted by atomic mass is 35.5. The average Bonchev–Trinajstić information content (AvgIpc) is 2.59. The Morgan fingerprint density at radius 2 is 2.00 bits per heavy atom. The van der Waals surface area contributed by atoms with Gasteiger partial charge in [-0.2, -0.15) is 0 Å². The number of nitrogens with zero attached hydrogens (tertiary/aromatic N) is 2. The highest BCUT2D eigenvalue weighted by Crippen LogP contribution is 2.23. The highest BCUT2D eigenvalue weighted by molar-refractivity contribution is 6.31. The van der Waals surface area contributed by atoms with E-state index in [-0.39, 0.29) is 11.0 Å². The average molecular weight is 356 g/mol. The summed E-state index contributed by atoms with van der Waals surface area (Å²) >= 11 is 6.09. The number of pyridine rings is 2. The Morgan fingerprint density at radius 1 is 1.24 bits per heavy atom. The third-order valence-electron chi connectivity index (χ3n) is 4.16. The Hall–Kier alpha value is -2.66. The van der Waals surface area contributed by atoms with Crippen LogP contribution in [0.25, 0.3) is 11.0 Å². The minimum atomic E-state index is -0.458. The molecule has 2 aromatic heterocycles. The topological polar surface area (TPSA) is 64.0 Å². The van der Waals surface area contributed by atoms with E-state index in [9.17, 15) is 9.59 Å². The van der Waals surface area contributed by atoms with Crippen LogP contribution in [0.1, 0.15) is 28.5 Å². The lowest BCUT2D eigenvalue weighted by Gasteiger charge is -2.13. The summed E-state index contributed by atoms with van der Waals surface area (Å²) in [4.78, 5) is 29.9. The summed E-state index contributed by atoms with van der Waals surface area (Å²) in [6, 6.07) is 8.74. The molecule has 2 heterocycles. The molecule has 0 aliphatic rings. The number of anilines is 1. The molecule has 1 aromatic carbocycles. The predicted octanol–water partition coefficient (Wildman–Crippen LogP) is 3.94. The van der Waals surface area contributed by atoms with Gasteiger partial charge in [0, 0.05) is 29.1 Å². The number of hydrogen-bond donors (Lipinski definition) is 1. The summed E-state index contributed by atoms with van der Waals surface area (Å²) in [5.74, 6) is -0.458. The van der Waals surface area contributed by atoms with E-state index < -0.39 is 5.91 Å². The summed E-state index contributed by atoms with van der Waals surface area (Å²) in [5, 5.41) is 3.77. The van der Waals surface area contributed by atoms with Gasteiger partial charge >= 0.3 is 0 Å². The molecule has 128 valence electrons. The van der Waals surface area contributed by atoms with Crippen LogP contribution in [0.2, 0.25) is 5.02 Å². The van der Waals surface area contributed by atoms with Gasteiger partial charge in [0.05, 0.1) is 5.39 Å². The van der Waals surface area contributed by atoms with Crippen molar-refractivity contribution in [3.63, 3.8) is 0 Å². The maximum absolute atomic E-state index is 12.8. The fourth-order valence-electron chi connectivity index (χ4n) is 2.70. The van der Waals surface area contributed by atoms with Crippen LogP contribution in [0.15, 0.2) is 41.3 Å². The molecule has 25 heavy (non-hydrogen) atoms. The zero-order valence-electron chi connectivity index (χ0n) is 14.3. The zero-order chi connectivity index (χ0) is 18.1. The van der Waals surface area contributed by atoms with Crippen molar-refractivity contribution in [3.8, 4) is 0 Å². The molecule has 0 unspecified atom stereocenters. The SMILES string of the molecule is CCn1cc(C(=O)Nc2cccc(Cl)c2C)c(=O)c2ccc(C)nc21. The van der Waals surface area contributed by atoms with Crippen molar-refractivity contribution in [2.24, 2.45) is 0 Å². The molecule has 6 heteroatoms. The molecule has 0 radical (unpaired) electrons. The van der Waals surface area contributed by atoms with Gasteiger partial charge in [0.25, 0.3) is 5.91 Å². The van der Waals surface area contributed by atoms with Crippen LogP contribution in [-0.2, 0) is 6.54 Å². The second kappa shape index (κ2) is 6.69. The van der Waals surface area contributed by atoms with E-state index in [1.54, 1.807) is 36.5 Å². The number of amides is 1. The van der Waals surface area contributed by atoms with Gasteiger partial charge in [-0.3, -0.25) is 9.59 Å². The summed E-state index contributed by atoms with van der Waals surface area (Å²) in [6.07, 6.45) is 1.56. The number of hydrogen-bond acceptors (Lipinski definition) is 3. The Labute approximate surface area is 150 Å². The highest BCUT2D eigenvalue weighted by Gasteiger charge is 2.17. The zero-order valence-corrected chi connectivity index (χ0v) is 15.0. The van der Waals surface area contributed by atoms with Gasteiger partial charge in [0.1, 0.15) is 11.2 Å². The number of fused-ring (bicyclic) bond motifs is 1. The maximum Gasteiger partial charge on any atom is 0.261 e. The molecule has 0 aliphatic heterocycles. The summed E-state index contributed by atoms with van der Waals surface area (Å²) in [6.45, 7) is 6.22. The number of carbonyl (C=O) groups is 1. The smallest absolute Gasteiger partial charge is 0.261 e. The number of nitrogens with one attached hydrogen (secondary N) is 1. The lowest BCUT2D eigenvalue weighted by molar-refractivity contribution is 0.102. The molecule has 0 saturated heterocycles. The van der Waals surface area contributed by atoms with E-state index in [4.69, 9.17) is 11.6 Å². The Morgan fingerprint density at radius 3 is 2.72 bits per heavy atom. The first-order valence-electron chi connectivity index (χ1n) is 7.99. The van der Waals surface area contributed by atoms with Gasteiger partial charge < -0.3 is 9.88 Å². The maximum atomic E-state index is 12.8. The van der Waals surface area contributed by atoms with Crippen molar-refractivity contribution in [2.45, 2.75) is 27.3 Å². The van der Waals surface area contributed by atoms with Gasteiger partial charge in [-0.05, 0) is 50.6 Å². The third kappa shape index (κ3) is 3.15. The van der Waals surface area contributed by atoms with Gasteiger partial charge in [-0.25, -0.2) is 4.98 Å². The van der Waals surface area contributed by atoms with Crippen LogP contribution in [0.4, 0.5) is 5.69 Å². The number of rotatable bonds is 3. The molecule has 5 nitrogen and oxygen atoms in total. The summed E-state index contributed by atoms with van der Waals surface area (Å²) < 4.78 is 1.81. The molecule has 0 atom stereocenters. The van der Waals surface area contributed by atoms with Crippen LogP contribution in [0, 0.1) is 13.8 Å². The largest absolute Gasteiger partial charge is 0.332 e. The number of aryl methyl sites for hydroxylation is 2. The molecule has 0 saturated carbocycles. The van der Waals surface area contributed by atoms with Crippen LogP contribution in [0.3, 0.4) is 0 Å². The molecule has 0 fully saturated rings. The minimum absolute atomic E-state index is 0.0828. The van der Waals surface area contributed by atoms with Gasteiger partial charge in [0.15, 0.2) is 0 Å². The van der Waals surface area contributed by atoms with Crippen molar-refractivity contribution in [1.29, 1.82) is 0 Å². The van der Waals surface area contributed by atoms with Gasteiger partial charge in [-0.15, -0.1) is 0 Å². The fraction of sp³-hybridized carbons (Fsp3) is 0.211. The van der Waals surface area contributed by atoms with Crippen molar-refractivity contribution in [2.75, 3.05) is 5.32 Å². The lowest BCUT2D eigenvalue weighted by Crippen LogP contribution is -2.24. The van der Waals surface area contributed by atoms with E-state index >= 15 is 0 Å². The molecule has 1 amide bonds. The van der Waals surface area contributed by atoms with E-state index in [0.29, 0.717) is 28.3 Å². The molecular weight excluding hydrogens is 338 g/mol. The van der Waals surface area contributed by atoms with Crippen LogP contribution >= 0.6 is 11.6 Å². The summed E-state index contributed by atoms with van der Waals surface area (Å²) in [5.41, 5.74) is 2.50. The number of aromatic nitrogens is 2. The Kier molecular flexibility index (Phi) is 4.59. The first-order chi connectivity index (χ1) is 11.9. The van der Waals surface area contributed by atoms with Crippen LogP contribution in [0.5, 0.6) is 0 Å². The van der Waals surface area contributed by atoms with E-state index in [2.05, 4.69) is 10.3 Å². The number of halogens is 1. The number of carbonyl (C=O) groups excluding carboxylic acids is 1. The van der Waals surface area contributed by atoms with Crippen molar-refractivity contribution < 1.29 is 4.79 Å². The predicted molar refractivity (Wildman–Crippen MR) is 101 cm³/mol. The van der Waals surface area contributed by atoms with E-state index in [0.717, 1.165) is 11.3 Å². The van der Waals surface area contributed by atoms with Crippen molar-refractivity contribution in [1.82, 2.24) is 9.55 Å². The molecule has 3 rings (SSSR count). The fourth-order valence-corrected chi connectivity index (χ4v) is 2.87. The molecule has 0 bridgehead atoms. The van der Waals surface area contributed by atoms with E-state index in [1.165, 1.54) is 0 Å². The Balaban J connectivity index is 2.10. The number of benzene rings is 1. The second-order valence-electron chi connectivity index (χ2n) is 5.85. The molecule has 1 N–H and O–H groups in total. The first-order valence-corrected chi connectivity index (χ1v) is 8.37. The molecule has 0 aliphatic carbocycles.